The summed E-state index contributed by atoms with van der Waals surface area (Å²) in [5.41, 5.74) is 1.97. The predicted octanol–water partition coefficient (Wildman–Crippen LogP) is 3.69. The van der Waals surface area contributed by atoms with Gasteiger partial charge in [-0.3, -0.25) is 0 Å². The number of rotatable bonds is 2. The minimum absolute atomic E-state index is 0.773. The normalized spacial score (nSPS) is 10.1. The highest BCUT2D eigenvalue weighted by Gasteiger charge is 1.94. The number of hydrogen-bond donors (Lipinski definition) is 0. The Morgan fingerprint density at radius 2 is 2.14 bits per heavy atom. The van der Waals surface area contributed by atoms with Crippen LogP contribution < -0.4 is 0 Å². The van der Waals surface area contributed by atoms with E-state index in [-0.39, 0.29) is 0 Å². The van der Waals surface area contributed by atoms with Crippen LogP contribution in [0, 0.1) is 6.92 Å². The lowest BCUT2D eigenvalue weighted by Crippen LogP contribution is -1.85. The van der Waals surface area contributed by atoms with Crippen LogP contribution in [0.25, 0.3) is 0 Å². The van der Waals surface area contributed by atoms with Crippen LogP contribution in [0.15, 0.2) is 36.0 Å². The lowest BCUT2D eigenvalue weighted by Gasteiger charge is -1.97. The summed E-state index contributed by atoms with van der Waals surface area (Å²) in [5, 5.41) is 0. The van der Waals surface area contributed by atoms with E-state index in [0.717, 1.165) is 17.1 Å². The second-order valence-corrected chi connectivity index (χ2v) is 2.60. The molecule has 0 saturated heterocycles. The van der Waals surface area contributed by atoms with Gasteiger partial charge in [-0.15, -0.1) is 0 Å². The number of aromatic nitrogens is 1. The van der Waals surface area contributed by atoms with E-state index >= 15 is 0 Å². The van der Waals surface area contributed by atoms with Gasteiger partial charge in [0.05, 0.1) is 0 Å². The van der Waals surface area contributed by atoms with Gasteiger partial charge in [-0.05, 0) is 31.6 Å². The van der Waals surface area contributed by atoms with Crippen molar-refractivity contribution >= 4 is 11.5 Å². The third-order valence-corrected chi connectivity index (χ3v) is 1.56. The number of allylic oxidation sites excluding steroid dienone is 1. The molecule has 0 bridgehead atoms. The molecule has 14 heavy (non-hydrogen) atoms. The third-order valence-electron chi connectivity index (χ3n) is 1.56. The molecule has 0 spiro atoms. The molecule has 0 unspecified atom stereocenters. The molecule has 1 rings (SSSR count). The molecule has 1 aromatic heterocycles. The molecule has 0 aliphatic carbocycles. The molecule has 0 aliphatic heterocycles. The number of hydrogen-bond acceptors (Lipinski definition) is 2. The van der Waals surface area contributed by atoms with Gasteiger partial charge in [0.25, 0.3) is 0 Å². The van der Waals surface area contributed by atoms with Gasteiger partial charge in [0.1, 0.15) is 0 Å². The Bertz CT molecular complexity index is 314. The van der Waals surface area contributed by atoms with Crippen LogP contribution in [-0.4, -0.2) is 10.7 Å². The van der Waals surface area contributed by atoms with E-state index in [2.05, 4.69) is 16.6 Å². The average Bonchev–Trinajstić information content (AvgIpc) is 2.24. The molecule has 0 atom stereocenters. The highest BCUT2D eigenvalue weighted by molar-refractivity contribution is 5.94. The van der Waals surface area contributed by atoms with Crippen LogP contribution in [0.3, 0.4) is 0 Å². The van der Waals surface area contributed by atoms with Crippen molar-refractivity contribution in [3.8, 4) is 0 Å². The largest absolute Gasteiger partial charge is 0.237 e. The zero-order valence-corrected chi connectivity index (χ0v) is 9.41. The summed E-state index contributed by atoms with van der Waals surface area (Å²) in [6.45, 7) is 11.5. The Hall–Kier alpha value is -1.44. The first-order chi connectivity index (χ1) is 6.74. The smallest absolute Gasteiger partial charge is 0.154 e. The van der Waals surface area contributed by atoms with Gasteiger partial charge in [-0.25, -0.2) is 9.98 Å². The molecule has 2 heteroatoms. The van der Waals surface area contributed by atoms with Crippen molar-refractivity contribution < 1.29 is 0 Å². The van der Waals surface area contributed by atoms with Gasteiger partial charge in [0, 0.05) is 11.9 Å². The Kier molecular flexibility index (Phi) is 6.29. The van der Waals surface area contributed by atoms with Crippen LogP contribution in [0.2, 0.25) is 0 Å². The minimum Gasteiger partial charge on any atom is -0.237 e. The predicted molar refractivity (Wildman–Crippen MR) is 63.3 cm³/mol. The Morgan fingerprint density at radius 3 is 2.64 bits per heavy atom. The molecule has 1 heterocycles. The lowest BCUT2D eigenvalue weighted by atomic mass is 10.3. The molecule has 0 radical (unpaired) electrons. The standard InChI is InChI=1S/C10H12N2.C2H6/c1-4-9(3)12-10-8(2)6-5-7-11-10;1-2/h4-7H,1H2,2-3H3;1-2H3/b12-9-;. The molecule has 0 aliphatic rings. The molecule has 2 nitrogen and oxygen atoms in total. The fraction of sp³-hybridized carbons (Fsp3) is 0.333. The minimum atomic E-state index is 0.773. The van der Waals surface area contributed by atoms with Gasteiger partial charge >= 0.3 is 0 Å². The monoisotopic (exact) mass is 190 g/mol. The fourth-order valence-corrected chi connectivity index (χ4v) is 0.807. The first kappa shape index (κ1) is 12.6. The maximum Gasteiger partial charge on any atom is 0.154 e. The summed E-state index contributed by atoms with van der Waals surface area (Å²) < 4.78 is 0. The van der Waals surface area contributed by atoms with E-state index in [0.29, 0.717) is 0 Å². The van der Waals surface area contributed by atoms with E-state index in [1.807, 2.05) is 39.8 Å². The number of nitrogens with zero attached hydrogens (tertiary/aromatic N) is 2. The Morgan fingerprint density at radius 1 is 1.50 bits per heavy atom. The van der Waals surface area contributed by atoms with E-state index in [4.69, 9.17) is 0 Å². The zero-order chi connectivity index (χ0) is 11.0. The summed E-state index contributed by atoms with van der Waals surface area (Å²) in [4.78, 5) is 8.40. The van der Waals surface area contributed by atoms with Crippen LogP contribution in [0.4, 0.5) is 5.82 Å². The van der Waals surface area contributed by atoms with Crippen molar-refractivity contribution in [1.29, 1.82) is 0 Å². The fourth-order valence-electron chi connectivity index (χ4n) is 0.807. The summed E-state index contributed by atoms with van der Waals surface area (Å²) in [5.74, 6) is 0.773. The van der Waals surface area contributed by atoms with Gasteiger partial charge in [0.2, 0.25) is 0 Å². The Balaban J connectivity index is 0.000000791. The van der Waals surface area contributed by atoms with E-state index < -0.39 is 0 Å². The van der Waals surface area contributed by atoms with E-state index in [1.54, 1.807) is 12.3 Å². The summed E-state index contributed by atoms with van der Waals surface area (Å²) in [6, 6.07) is 3.89. The van der Waals surface area contributed by atoms with Crippen LogP contribution in [-0.2, 0) is 0 Å². The Labute approximate surface area is 86.4 Å². The molecular formula is C12H18N2. The van der Waals surface area contributed by atoms with Gasteiger partial charge in [0.15, 0.2) is 5.82 Å². The van der Waals surface area contributed by atoms with Crippen molar-refractivity contribution in [2.75, 3.05) is 0 Å². The van der Waals surface area contributed by atoms with Gasteiger partial charge < -0.3 is 0 Å². The highest BCUT2D eigenvalue weighted by atomic mass is 14.9. The second kappa shape index (κ2) is 7.01. The van der Waals surface area contributed by atoms with Crippen molar-refractivity contribution in [1.82, 2.24) is 4.98 Å². The second-order valence-electron chi connectivity index (χ2n) is 2.60. The van der Waals surface area contributed by atoms with E-state index in [9.17, 15) is 0 Å². The summed E-state index contributed by atoms with van der Waals surface area (Å²) >= 11 is 0. The van der Waals surface area contributed by atoms with E-state index in [1.165, 1.54) is 0 Å². The van der Waals surface area contributed by atoms with Crippen molar-refractivity contribution in [3.05, 3.63) is 36.5 Å². The van der Waals surface area contributed by atoms with Crippen LogP contribution >= 0.6 is 0 Å². The highest BCUT2D eigenvalue weighted by Crippen LogP contribution is 2.13. The van der Waals surface area contributed by atoms with Crippen LogP contribution in [0.1, 0.15) is 26.3 Å². The van der Waals surface area contributed by atoms with Crippen molar-refractivity contribution in [2.45, 2.75) is 27.7 Å². The number of aliphatic imine (C=N–C) groups is 1. The lowest BCUT2D eigenvalue weighted by molar-refractivity contribution is 1.22. The van der Waals surface area contributed by atoms with Gasteiger partial charge in [-0.1, -0.05) is 26.5 Å². The summed E-state index contributed by atoms with van der Waals surface area (Å²) in [6.07, 6.45) is 3.45. The van der Waals surface area contributed by atoms with Crippen LogP contribution in [0.5, 0.6) is 0 Å². The van der Waals surface area contributed by atoms with Crippen molar-refractivity contribution in [2.24, 2.45) is 4.99 Å². The maximum atomic E-state index is 4.26. The van der Waals surface area contributed by atoms with Crippen molar-refractivity contribution in [3.63, 3.8) is 0 Å². The number of pyridine rings is 1. The third kappa shape index (κ3) is 3.99. The average molecular weight is 190 g/mol. The quantitative estimate of drug-likeness (QED) is 0.653. The molecule has 1 aromatic rings. The molecule has 0 saturated carbocycles. The molecular weight excluding hydrogens is 172 g/mol. The zero-order valence-electron chi connectivity index (χ0n) is 9.41. The molecule has 0 amide bonds. The maximum absolute atomic E-state index is 4.26. The first-order valence-electron chi connectivity index (χ1n) is 4.83. The number of aryl methyl sites for hydroxylation is 1. The topological polar surface area (TPSA) is 25.2 Å². The SMILES string of the molecule is C=C/C(C)=N\c1ncccc1C.CC. The molecule has 0 N–H and O–H groups in total. The summed E-state index contributed by atoms with van der Waals surface area (Å²) in [7, 11) is 0. The molecule has 0 fully saturated rings. The first-order valence-corrected chi connectivity index (χ1v) is 4.83. The van der Waals surface area contributed by atoms with Gasteiger partial charge in [-0.2, -0.15) is 0 Å². The molecule has 0 aromatic carbocycles. The molecule has 76 valence electrons.